The number of aromatic nitrogens is 7. The summed E-state index contributed by atoms with van der Waals surface area (Å²) in [6, 6.07) is 13.1. The van der Waals surface area contributed by atoms with Crippen LogP contribution < -0.4 is 5.32 Å². The summed E-state index contributed by atoms with van der Waals surface area (Å²) >= 11 is 0. The van der Waals surface area contributed by atoms with Crippen molar-refractivity contribution in [3.63, 3.8) is 0 Å². The van der Waals surface area contributed by atoms with Crippen molar-refractivity contribution >= 4 is 11.9 Å². The number of nitrogens with one attached hydrogen (secondary N) is 2. The van der Waals surface area contributed by atoms with E-state index in [2.05, 4.69) is 35.9 Å². The predicted octanol–water partition coefficient (Wildman–Crippen LogP) is 3.02. The molecule has 2 heterocycles. The van der Waals surface area contributed by atoms with Gasteiger partial charge in [0.2, 0.25) is 11.8 Å². The van der Waals surface area contributed by atoms with Crippen LogP contribution in [0.1, 0.15) is 41.6 Å². The molecule has 0 saturated heterocycles. The topological polar surface area (TPSA) is 114 Å². The molecule has 30 heavy (non-hydrogen) atoms. The van der Waals surface area contributed by atoms with Crippen LogP contribution in [-0.2, 0) is 6.42 Å². The van der Waals surface area contributed by atoms with E-state index >= 15 is 0 Å². The lowest BCUT2D eigenvalue weighted by Gasteiger charge is -2.02. The first kappa shape index (κ1) is 19.4. The molecule has 0 aliphatic heterocycles. The van der Waals surface area contributed by atoms with Gasteiger partial charge in [0.25, 0.3) is 5.91 Å². The highest BCUT2D eigenvalue weighted by Crippen LogP contribution is 2.16. The number of benzene rings is 2. The Morgan fingerprint density at radius 3 is 2.53 bits per heavy atom. The van der Waals surface area contributed by atoms with E-state index in [0.29, 0.717) is 23.6 Å². The SMILES string of the molecule is CC(C)n1nnc(-c2ccc(C(=O)Nc3n[nH]c(Cc4ccc(F)cc4)n3)cc2)n1. The molecule has 2 aromatic carbocycles. The smallest absolute Gasteiger partial charge is 0.258 e. The Morgan fingerprint density at radius 2 is 1.87 bits per heavy atom. The summed E-state index contributed by atoms with van der Waals surface area (Å²) in [5.74, 6) is 0.590. The van der Waals surface area contributed by atoms with E-state index in [1.165, 1.54) is 16.9 Å². The fraction of sp³-hybridized carbons (Fsp3) is 0.200. The largest absolute Gasteiger partial charge is 0.289 e. The Balaban J connectivity index is 1.40. The second kappa shape index (κ2) is 8.19. The highest BCUT2D eigenvalue weighted by Gasteiger charge is 2.12. The van der Waals surface area contributed by atoms with Gasteiger partial charge in [-0.05, 0) is 48.9 Å². The van der Waals surface area contributed by atoms with Crippen LogP contribution >= 0.6 is 0 Å². The molecule has 0 fully saturated rings. The van der Waals surface area contributed by atoms with E-state index in [1.54, 1.807) is 36.4 Å². The van der Waals surface area contributed by atoms with Gasteiger partial charge in [-0.1, -0.05) is 24.3 Å². The molecular weight excluding hydrogens is 387 g/mol. The first-order valence-electron chi connectivity index (χ1n) is 9.35. The van der Waals surface area contributed by atoms with Gasteiger partial charge in [-0.15, -0.1) is 15.3 Å². The third-order valence-electron chi connectivity index (χ3n) is 4.34. The Bertz CT molecular complexity index is 1150. The van der Waals surface area contributed by atoms with Gasteiger partial charge in [-0.2, -0.15) is 9.78 Å². The van der Waals surface area contributed by atoms with Crippen LogP contribution in [0.2, 0.25) is 0 Å². The third-order valence-corrected chi connectivity index (χ3v) is 4.34. The monoisotopic (exact) mass is 406 g/mol. The average Bonchev–Trinajstić information content (AvgIpc) is 3.40. The fourth-order valence-electron chi connectivity index (χ4n) is 2.73. The number of carbonyl (C=O) groups excluding carboxylic acids is 1. The lowest BCUT2D eigenvalue weighted by molar-refractivity contribution is 0.102. The first-order chi connectivity index (χ1) is 14.5. The molecule has 0 unspecified atom stereocenters. The molecule has 0 atom stereocenters. The third kappa shape index (κ3) is 4.37. The number of halogens is 1. The number of amides is 1. The minimum absolute atomic E-state index is 0.116. The summed E-state index contributed by atoms with van der Waals surface area (Å²) in [6.45, 7) is 3.93. The Labute approximate surface area is 171 Å². The molecule has 4 rings (SSSR count). The van der Waals surface area contributed by atoms with Crippen LogP contribution in [0.4, 0.5) is 10.3 Å². The van der Waals surface area contributed by atoms with Gasteiger partial charge >= 0.3 is 0 Å². The van der Waals surface area contributed by atoms with Gasteiger partial charge in [0.15, 0.2) is 0 Å². The Kier molecular flexibility index (Phi) is 5.29. The number of hydrogen-bond donors (Lipinski definition) is 2. The average molecular weight is 406 g/mol. The lowest BCUT2D eigenvalue weighted by Crippen LogP contribution is -2.13. The molecule has 0 saturated carbocycles. The molecule has 0 radical (unpaired) electrons. The normalized spacial score (nSPS) is 11.1. The van der Waals surface area contributed by atoms with E-state index in [1.807, 2.05) is 13.8 Å². The summed E-state index contributed by atoms with van der Waals surface area (Å²) < 4.78 is 13.0. The number of hydrogen-bond acceptors (Lipinski definition) is 6. The second-order valence-corrected chi connectivity index (χ2v) is 6.97. The maximum absolute atomic E-state index is 13.0. The second-order valence-electron chi connectivity index (χ2n) is 6.97. The molecular formula is C20H19FN8O. The minimum Gasteiger partial charge on any atom is -0.289 e. The number of H-pyrrole nitrogens is 1. The maximum atomic E-state index is 13.0. The van der Waals surface area contributed by atoms with Gasteiger partial charge in [-0.25, -0.2) is 4.39 Å². The summed E-state index contributed by atoms with van der Waals surface area (Å²) in [6.07, 6.45) is 0.446. The van der Waals surface area contributed by atoms with Crippen molar-refractivity contribution in [3.05, 3.63) is 71.3 Å². The van der Waals surface area contributed by atoms with Crippen LogP contribution in [0.5, 0.6) is 0 Å². The predicted molar refractivity (Wildman–Crippen MR) is 107 cm³/mol. The molecule has 0 spiro atoms. The Hall–Kier alpha value is -3.95. The lowest BCUT2D eigenvalue weighted by atomic mass is 10.1. The molecule has 1 amide bonds. The van der Waals surface area contributed by atoms with Crippen molar-refractivity contribution in [3.8, 4) is 11.4 Å². The quantitative estimate of drug-likeness (QED) is 0.509. The number of anilines is 1. The zero-order chi connectivity index (χ0) is 21.1. The molecule has 2 N–H and O–H groups in total. The van der Waals surface area contributed by atoms with Gasteiger partial charge in [0, 0.05) is 17.5 Å². The molecule has 4 aromatic rings. The highest BCUT2D eigenvalue weighted by molar-refractivity contribution is 6.03. The van der Waals surface area contributed by atoms with Crippen molar-refractivity contribution in [1.82, 2.24) is 35.4 Å². The number of nitrogens with zero attached hydrogens (tertiary/aromatic N) is 6. The van der Waals surface area contributed by atoms with Crippen LogP contribution in [0, 0.1) is 5.82 Å². The molecule has 152 valence electrons. The van der Waals surface area contributed by atoms with Gasteiger partial charge in [-0.3, -0.25) is 15.2 Å². The Morgan fingerprint density at radius 1 is 1.13 bits per heavy atom. The zero-order valence-corrected chi connectivity index (χ0v) is 16.4. The van der Waals surface area contributed by atoms with Crippen molar-refractivity contribution < 1.29 is 9.18 Å². The van der Waals surface area contributed by atoms with Crippen molar-refractivity contribution in [2.24, 2.45) is 0 Å². The summed E-state index contributed by atoms with van der Waals surface area (Å²) in [4.78, 5) is 18.3. The van der Waals surface area contributed by atoms with E-state index in [9.17, 15) is 9.18 Å². The summed E-state index contributed by atoms with van der Waals surface area (Å²) in [5, 5.41) is 21.8. The van der Waals surface area contributed by atoms with E-state index in [-0.39, 0.29) is 23.7 Å². The van der Waals surface area contributed by atoms with E-state index in [4.69, 9.17) is 0 Å². The summed E-state index contributed by atoms with van der Waals surface area (Å²) in [5.41, 5.74) is 2.09. The molecule has 0 bridgehead atoms. The standard InChI is InChI=1S/C20H19FN8O/c1-12(2)29-27-18(25-28-29)14-5-7-15(8-6-14)19(30)23-20-22-17(24-26-20)11-13-3-9-16(21)10-4-13/h3-10,12H,11H2,1-2H3,(H2,22,23,24,26,30). The number of rotatable bonds is 6. The van der Waals surface area contributed by atoms with Crippen molar-refractivity contribution in [1.29, 1.82) is 0 Å². The van der Waals surface area contributed by atoms with Gasteiger partial charge < -0.3 is 0 Å². The maximum Gasteiger partial charge on any atom is 0.258 e. The molecule has 9 nitrogen and oxygen atoms in total. The zero-order valence-electron chi connectivity index (χ0n) is 16.4. The number of carbonyl (C=O) groups is 1. The molecule has 10 heteroatoms. The first-order valence-corrected chi connectivity index (χ1v) is 9.35. The van der Waals surface area contributed by atoms with Crippen molar-refractivity contribution in [2.75, 3.05) is 5.32 Å². The van der Waals surface area contributed by atoms with Crippen LogP contribution in [0.3, 0.4) is 0 Å². The van der Waals surface area contributed by atoms with Gasteiger partial charge in [0.05, 0.1) is 6.04 Å². The van der Waals surface area contributed by atoms with Crippen molar-refractivity contribution in [2.45, 2.75) is 26.3 Å². The molecule has 0 aliphatic rings. The van der Waals surface area contributed by atoms with Crippen LogP contribution in [-0.4, -0.2) is 41.3 Å². The number of aromatic amines is 1. The number of tetrazole rings is 1. The van der Waals surface area contributed by atoms with Crippen LogP contribution in [0.25, 0.3) is 11.4 Å². The van der Waals surface area contributed by atoms with E-state index < -0.39 is 0 Å². The van der Waals surface area contributed by atoms with E-state index in [0.717, 1.165) is 11.1 Å². The minimum atomic E-state index is -0.340. The summed E-state index contributed by atoms with van der Waals surface area (Å²) in [7, 11) is 0. The molecule has 0 aliphatic carbocycles. The van der Waals surface area contributed by atoms with Crippen LogP contribution in [0.15, 0.2) is 48.5 Å². The molecule has 2 aromatic heterocycles. The highest BCUT2D eigenvalue weighted by atomic mass is 19.1. The fourth-order valence-corrected chi connectivity index (χ4v) is 2.73. The van der Waals surface area contributed by atoms with Gasteiger partial charge in [0.1, 0.15) is 11.6 Å².